The smallest absolute Gasteiger partial charge is 0.0192 e. The van der Waals surface area contributed by atoms with E-state index in [1.807, 2.05) is 0 Å². The molecule has 1 aliphatic heterocycles. The molecule has 2 aliphatic rings. The summed E-state index contributed by atoms with van der Waals surface area (Å²) in [6.07, 6.45) is 5.46. The maximum Gasteiger partial charge on any atom is 0.0192 e. The average molecular weight is 225 g/mol. The third kappa shape index (κ3) is 3.44. The fraction of sp³-hybridized carbons (Fsp3) is 1.00. The zero-order chi connectivity index (χ0) is 11.5. The summed E-state index contributed by atoms with van der Waals surface area (Å²) >= 11 is 0. The van der Waals surface area contributed by atoms with Crippen molar-refractivity contribution in [2.45, 2.75) is 50.7 Å². The average Bonchev–Trinajstić information content (AvgIpc) is 3.10. The third-order valence-electron chi connectivity index (χ3n) is 4.13. The molecule has 1 saturated carbocycles. The molecule has 2 rings (SSSR count). The Labute approximate surface area is 100 Å². The minimum atomic E-state index is 0.712. The number of rotatable bonds is 5. The maximum absolute atomic E-state index is 3.64. The zero-order valence-corrected chi connectivity index (χ0v) is 11.1. The summed E-state index contributed by atoms with van der Waals surface area (Å²) < 4.78 is 0. The van der Waals surface area contributed by atoms with E-state index in [1.54, 1.807) is 0 Å². The van der Waals surface area contributed by atoms with Gasteiger partial charge in [0, 0.05) is 24.7 Å². The quantitative estimate of drug-likeness (QED) is 0.757. The Morgan fingerprint density at radius 2 is 1.81 bits per heavy atom. The molecule has 0 amide bonds. The molecule has 16 heavy (non-hydrogen) atoms. The van der Waals surface area contributed by atoms with Crippen LogP contribution in [0, 0.1) is 0 Å². The molecule has 0 spiro atoms. The molecular weight excluding hydrogens is 198 g/mol. The predicted molar refractivity (Wildman–Crippen MR) is 68.8 cm³/mol. The first kappa shape index (κ1) is 12.3. The molecule has 0 aromatic rings. The second-order valence-electron chi connectivity index (χ2n) is 5.76. The van der Waals surface area contributed by atoms with Crippen molar-refractivity contribution >= 4 is 0 Å². The molecule has 3 heteroatoms. The number of piperidine rings is 1. The monoisotopic (exact) mass is 225 g/mol. The largest absolute Gasteiger partial charge is 0.312 e. The highest BCUT2D eigenvalue weighted by molar-refractivity contribution is 4.85. The topological polar surface area (TPSA) is 18.5 Å². The van der Waals surface area contributed by atoms with Gasteiger partial charge < -0.3 is 10.2 Å². The van der Waals surface area contributed by atoms with Gasteiger partial charge in [0.1, 0.15) is 0 Å². The Kier molecular flexibility index (Phi) is 4.22. The summed E-state index contributed by atoms with van der Waals surface area (Å²) in [6.45, 7) is 6.09. The van der Waals surface area contributed by atoms with E-state index < -0.39 is 0 Å². The SMILES string of the molecule is CC(CNC1CC1)N1CCC(N(C)C)CC1. The summed E-state index contributed by atoms with van der Waals surface area (Å²) in [5, 5.41) is 3.64. The lowest BCUT2D eigenvalue weighted by Gasteiger charge is -2.38. The van der Waals surface area contributed by atoms with Crippen molar-refractivity contribution in [3.05, 3.63) is 0 Å². The van der Waals surface area contributed by atoms with Crippen LogP contribution in [0.3, 0.4) is 0 Å². The van der Waals surface area contributed by atoms with Gasteiger partial charge in [0.2, 0.25) is 0 Å². The molecule has 1 unspecified atom stereocenters. The second kappa shape index (κ2) is 5.48. The Morgan fingerprint density at radius 3 is 2.31 bits per heavy atom. The fourth-order valence-corrected chi connectivity index (χ4v) is 2.60. The predicted octanol–water partition coefficient (Wildman–Crippen LogP) is 1.15. The number of nitrogens with zero attached hydrogens (tertiary/aromatic N) is 2. The van der Waals surface area contributed by atoms with Crippen molar-refractivity contribution in [1.82, 2.24) is 15.1 Å². The molecule has 1 saturated heterocycles. The van der Waals surface area contributed by atoms with Crippen molar-refractivity contribution in [2.24, 2.45) is 0 Å². The number of likely N-dealkylation sites (tertiary alicyclic amines) is 1. The van der Waals surface area contributed by atoms with Gasteiger partial charge >= 0.3 is 0 Å². The highest BCUT2D eigenvalue weighted by Crippen LogP contribution is 2.20. The summed E-state index contributed by atoms with van der Waals surface area (Å²) in [7, 11) is 4.41. The first-order valence-corrected chi connectivity index (χ1v) is 6.80. The Bertz CT molecular complexity index is 205. The summed E-state index contributed by atoms with van der Waals surface area (Å²) in [5.41, 5.74) is 0. The van der Waals surface area contributed by atoms with Crippen LogP contribution in [-0.4, -0.2) is 61.7 Å². The van der Waals surface area contributed by atoms with E-state index in [4.69, 9.17) is 0 Å². The van der Waals surface area contributed by atoms with Crippen LogP contribution >= 0.6 is 0 Å². The summed E-state index contributed by atoms with van der Waals surface area (Å²) in [4.78, 5) is 5.03. The van der Waals surface area contributed by atoms with E-state index in [0.717, 1.165) is 12.1 Å². The van der Waals surface area contributed by atoms with Crippen LogP contribution < -0.4 is 5.32 Å². The van der Waals surface area contributed by atoms with Crippen molar-refractivity contribution < 1.29 is 0 Å². The van der Waals surface area contributed by atoms with Crippen molar-refractivity contribution in [3.8, 4) is 0 Å². The Morgan fingerprint density at radius 1 is 1.19 bits per heavy atom. The molecule has 1 N–H and O–H groups in total. The minimum Gasteiger partial charge on any atom is -0.312 e. The lowest BCUT2D eigenvalue weighted by atomic mass is 10.0. The first-order valence-electron chi connectivity index (χ1n) is 6.80. The lowest BCUT2D eigenvalue weighted by Crippen LogP contribution is -2.48. The van der Waals surface area contributed by atoms with Gasteiger partial charge in [-0.3, -0.25) is 4.90 Å². The first-order chi connectivity index (χ1) is 7.66. The van der Waals surface area contributed by atoms with E-state index in [2.05, 4.69) is 36.1 Å². The van der Waals surface area contributed by atoms with Gasteiger partial charge in [-0.15, -0.1) is 0 Å². The van der Waals surface area contributed by atoms with Crippen LogP contribution in [0.1, 0.15) is 32.6 Å². The molecule has 2 fully saturated rings. The van der Waals surface area contributed by atoms with E-state index >= 15 is 0 Å². The molecule has 0 aromatic carbocycles. The van der Waals surface area contributed by atoms with E-state index in [-0.39, 0.29) is 0 Å². The van der Waals surface area contributed by atoms with Crippen molar-refractivity contribution in [1.29, 1.82) is 0 Å². The van der Waals surface area contributed by atoms with Gasteiger partial charge in [-0.25, -0.2) is 0 Å². The number of nitrogens with one attached hydrogen (secondary N) is 1. The molecule has 3 nitrogen and oxygen atoms in total. The zero-order valence-electron chi connectivity index (χ0n) is 11.1. The van der Waals surface area contributed by atoms with E-state index in [1.165, 1.54) is 45.3 Å². The standard InChI is InChI=1S/C13H27N3/c1-11(10-14-12-4-5-12)16-8-6-13(7-9-16)15(2)3/h11-14H,4-10H2,1-3H3. The van der Waals surface area contributed by atoms with E-state index in [9.17, 15) is 0 Å². The van der Waals surface area contributed by atoms with Crippen molar-refractivity contribution in [3.63, 3.8) is 0 Å². The van der Waals surface area contributed by atoms with Gasteiger partial charge in [0.05, 0.1) is 0 Å². The molecule has 1 atom stereocenters. The van der Waals surface area contributed by atoms with Crippen LogP contribution in [-0.2, 0) is 0 Å². The van der Waals surface area contributed by atoms with Gasteiger partial charge in [-0.2, -0.15) is 0 Å². The summed E-state index contributed by atoms with van der Waals surface area (Å²) in [5.74, 6) is 0. The van der Waals surface area contributed by atoms with Gasteiger partial charge in [0.25, 0.3) is 0 Å². The minimum absolute atomic E-state index is 0.712. The van der Waals surface area contributed by atoms with Crippen LogP contribution in [0.2, 0.25) is 0 Å². The van der Waals surface area contributed by atoms with Gasteiger partial charge in [0.15, 0.2) is 0 Å². The van der Waals surface area contributed by atoms with Crippen LogP contribution in [0.25, 0.3) is 0 Å². The van der Waals surface area contributed by atoms with Gasteiger partial charge in [-0.1, -0.05) is 0 Å². The Balaban J connectivity index is 1.66. The van der Waals surface area contributed by atoms with E-state index in [0.29, 0.717) is 6.04 Å². The molecule has 0 radical (unpaired) electrons. The molecule has 0 bridgehead atoms. The third-order valence-corrected chi connectivity index (χ3v) is 4.13. The molecule has 1 aliphatic carbocycles. The fourth-order valence-electron chi connectivity index (χ4n) is 2.60. The summed E-state index contributed by atoms with van der Waals surface area (Å²) in [6, 6.07) is 2.37. The van der Waals surface area contributed by atoms with Crippen LogP contribution in [0.5, 0.6) is 0 Å². The normalized spacial score (nSPS) is 26.2. The molecular formula is C13H27N3. The number of hydrogen-bond acceptors (Lipinski definition) is 3. The Hall–Kier alpha value is -0.120. The number of hydrogen-bond donors (Lipinski definition) is 1. The maximum atomic E-state index is 3.64. The second-order valence-corrected chi connectivity index (χ2v) is 5.76. The van der Waals surface area contributed by atoms with Crippen LogP contribution in [0.15, 0.2) is 0 Å². The lowest BCUT2D eigenvalue weighted by molar-refractivity contribution is 0.114. The van der Waals surface area contributed by atoms with Crippen molar-refractivity contribution in [2.75, 3.05) is 33.7 Å². The molecule has 1 heterocycles. The van der Waals surface area contributed by atoms with Gasteiger partial charge in [-0.05, 0) is 59.8 Å². The molecule has 94 valence electrons. The van der Waals surface area contributed by atoms with Crippen LogP contribution in [0.4, 0.5) is 0 Å². The highest BCUT2D eigenvalue weighted by atomic mass is 15.2. The molecule has 0 aromatic heterocycles. The highest BCUT2D eigenvalue weighted by Gasteiger charge is 2.25.